The SMILES string of the molecule is COc1ccc(CN(C)C(=O)[C@@H](C)Oc2cc(C)ccc2C(C)C)cc1OC. The van der Waals surface area contributed by atoms with E-state index in [1.807, 2.05) is 31.2 Å². The number of carbonyl (C=O) groups is 1. The van der Waals surface area contributed by atoms with Gasteiger partial charge in [0.25, 0.3) is 5.91 Å². The van der Waals surface area contributed by atoms with E-state index in [1.165, 1.54) is 0 Å². The lowest BCUT2D eigenvalue weighted by molar-refractivity contribution is -0.137. The number of likely N-dealkylation sites (N-methyl/N-ethyl adjacent to an activating group) is 1. The molecule has 28 heavy (non-hydrogen) atoms. The van der Waals surface area contributed by atoms with Crippen molar-refractivity contribution in [2.24, 2.45) is 0 Å². The van der Waals surface area contributed by atoms with Crippen molar-refractivity contribution in [3.63, 3.8) is 0 Å². The fourth-order valence-electron chi connectivity index (χ4n) is 3.10. The smallest absolute Gasteiger partial charge is 0.263 e. The first-order valence-electron chi connectivity index (χ1n) is 9.49. The van der Waals surface area contributed by atoms with Gasteiger partial charge in [0.15, 0.2) is 17.6 Å². The number of benzene rings is 2. The van der Waals surface area contributed by atoms with Crippen molar-refractivity contribution in [2.75, 3.05) is 21.3 Å². The molecule has 1 amide bonds. The first kappa shape index (κ1) is 21.6. The largest absolute Gasteiger partial charge is 0.493 e. The molecule has 5 nitrogen and oxygen atoms in total. The first-order chi connectivity index (χ1) is 13.3. The van der Waals surface area contributed by atoms with Crippen LogP contribution in [-0.4, -0.2) is 38.2 Å². The molecule has 0 spiro atoms. The van der Waals surface area contributed by atoms with Crippen molar-refractivity contribution in [3.8, 4) is 17.2 Å². The molecule has 5 heteroatoms. The van der Waals surface area contributed by atoms with Crippen LogP contribution >= 0.6 is 0 Å². The zero-order valence-corrected chi connectivity index (χ0v) is 17.9. The quantitative estimate of drug-likeness (QED) is 0.668. The Morgan fingerprint density at radius 3 is 2.25 bits per heavy atom. The molecule has 2 aromatic rings. The van der Waals surface area contributed by atoms with Crippen molar-refractivity contribution in [2.45, 2.75) is 46.3 Å². The summed E-state index contributed by atoms with van der Waals surface area (Å²) in [6.07, 6.45) is -0.579. The molecule has 0 fully saturated rings. The molecule has 0 bridgehead atoms. The third kappa shape index (κ3) is 5.18. The Labute approximate surface area is 168 Å². The minimum Gasteiger partial charge on any atom is -0.493 e. The van der Waals surface area contributed by atoms with Crippen molar-refractivity contribution in [3.05, 3.63) is 53.1 Å². The third-order valence-electron chi connectivity index (χ3n) is 4.69. The van der Waals surface area contributed by atoms with Crippen LogP contribution in [0.15, 0.2) is 36.4 Å². The Bertz CT molecular complexity index is 816. The molecule has 0 aliphatic carbocycles. The summed E-state index contributed by atoms with van der Waals surface area (Å²) in [6.45, 7) is 8.50. The van der Waals surface area contributed by atoms with Crippen molar-refractivity contribution < 1.29 is 19.0 Å². The van der Waals surface area contributed by atoms with Crippen LogP contribution in [0.4, 0.5) is 0 Å². The summed E-state index contributed by atoms with van der Waals surface area (Å²) in [4.78, 5) is 14.5. The first-order valence-corrected chi connectivity index (χ1v) is 9.49. The van der Waals surface area contributed by atoms with E-state index in [1.54, 1.807) is 33.1 Å². The third-order valence-corrected chi connectivity index (χ3v) is 4.69. The highest BCUT2D eigenvalue weighted by molar-refractivity contribution is 5.80. The molecule has 0 heterocycles. The van der Waals surface area contributed by atoms with E-state index in [0.717, 1.165) is 22.4 Å². The van der Waals surface area contributed by atoms with Crippen molar-refractivity contribution in [1.82, 2.24) is 4.90 Å². The molecule has 0 unspecified atom stereocenters. The van der Waals surface area contributed by atoms with Gasteiger partial charge < -0.3 is 19.1 Å². The van der Waals surface area contributed by atoms with Crippen molar-refractivity contribution >= 4 is 5.91 Å². The summed E-state index contributed by atoms with van der Waals surface area (Å²) >= 11 is 0. The maximum Gasteiger partial charge on any atom is 0.263 e. The Hall–Kier alpha value is -2.69. The van der Waals surface area contributed by atoms with Gasteiger partial charge in [0, 0.05) is 13.6 Å². The molecule has 0 aliphatic heterocycles. The monoisotopic (exact) mass is 385 g/mol. The Morgan fingerprint density at radius 2 is 1.64 bits per heavy atom. The molecule has 0 saturated heterocycles. The molecule has 0 radical (unpaired) electrons. The molecular formula is C23H31NO4. The summed E-state index contributed by atoms with van der Waals surface area (Å²) in [7, 11) is 4.97. The predicted molar refractivity (Wildman–Crippen MR) is 111 cm³/mol. The summed E-state index contributed by atoms with van der Waals surface area (Å²) < 4.78 is 16.7. The van der Waals surface area contributed by atoms with Crippen LogP contribution in [0.3, 0.4) is 0 Å². The number of hydrogen-bond acceptors (Lipinski definition) is 4. The average molecular weight is 386 g/mol. The molecule has 0 aromatic heterocycles. The van der Waals surface area contributed by atoms with Gasteiger partial charge in [-0.05, 0) is 54.7 Å². The molecule has 0 N–H and O–H groups in total. The summed E-state index contributed by atoms with van der Waals surface area (Å²) in [6, 6.07) is 11.8. The second kappa shape index (κ2) is 9.49. The highest BCUT2D eigenvalue weighted by atomic mass is 16.5. The Kier molecular flexibility index (Phi) is 7.32. The number of ether oxygens (including phenoxy) is 3. The average Bonchev–Trinajstić information content (AvgIpc) is 2.66. The van der Waals surface area contributed by atoms with Crippen LogP contribution < -0.4 is 14.2 Å². The topological polar surface area (TPSA) is 48.0 Å². The molecule has 0 aliphatic rings. The van der Waals surface area contributed by atoms with Gasteiger partial charge in [-0.3, -0.25) is 4.79 Å². The standard InChI is InChI=1S/C23H31NO4/c1-15(2)19-10-8-16(3)12-21(19)28-17(4)23(25)24(5)14-18-9-11-20(26-6)22(13-18)27-7/h8-13,15,17H,14H2,1-7H3/t17-/m1/s1. The van der Waals surface area contributed by atoms with Crippen LogP contribution in [0, 0.1) is 6.92 Å². The number of nitrogens with zero attached hydrogens (tertiary/aromatic N) is 1. The Balaban J connectivity index is 2.10. The number of methoxy groups -OCH3 is 2. The van der Waals surface area contributed by atoms with E-state index in [4.69, 9.17) is 14.2 Å². The van der Waals surface area contributed by atoms with Gasteiger partial charge in [-0.2, -0.15) is 0 Å². The molecule has 2 rings (SSSR count). The predicted octanol–water partition coefficient (Wildman–Crippen LogP) is 4.56. The zero-order valence-electron chi connectivity index (χ0n) is 17.9. The highest BCUT2D eigenvalue weighted by Crippen LogP contribution is 2.29. The van der Waals surface area contributed by atoms with E-state index in [0.29, 0.717) is 24.0 Å². The van der Waals surface area contributed by atoms with Gasteiger partial charge >= 0.3 is 0 Å². The van der Waals surface area contributed by atoms with Crippen molar-refractivity contribution in [1.29, 1.82) is 0 Å². The van der Waals surface area contributed by atoms with Gasteiger partial charge in [-0.1, -0.05) is 32.0 Å². The fourth-order valence-corrected chi connectivity index (χ4v) is 3.10. The second-order valence-corrected chi connectivity index (χ2v) is 7.34. The molecule has 1 atom stereocenters. The minimum atomic E-state index is -0.579. The number of amides is 1. The summed E-state index contributed by atoms with van der Waals surface area (Å²) in [5.74, 6) is 2.33. The Morgan fingerprint density at radius 1 is 0.964 bits per heavy atom. The van der Waals surface area contributed by atoms with E-state index in [9.17, 15) is 4.79 Å². The zero-order chi connectivity index (χ0) is 20.8. The fraction of sp³-hybridized carbons (Fsp3) is 0.435. The lowest BCUT2D eigenvalue weighted by Crippen LogP contribution is -2.37. The minimum absolute atomic E-state index is 0.0778. The lowest BCUT2D eigenvalue weighted by atomic mass is 10.0. The molecule has 152 valence electrons. The molecular weight excluding hydrogens is 354 g/mol. The number of hydrogen-bond donors (Lipinski definition) is 0. The maximum absolute atomic E-state index is 12.8. The molecule has 0 saturated carbocycles. The van der Waals surface area contributed by atoms with Crippen LogP contribution in [0.25, 0.3) is 0 Å². The van der Waals surface area contributed by atoms with E-state index < -0.39 is 6.10 Å². The number of aryl methyl sites for hydroxylation is 1. The normalized spacial score (nSPS) is 11.9. The van der Waals surface area contributed by atoms with Gasteiger partial charge in [0.05, 0.1) is 14.2 Å². The van der Waals surface area contributed by atoms with Gasteiger partial charge in [-0.15, -0.1) is 0 Å². The van der Waals surface area contributed by atoms with Crippen LogP contribution in [-0.2, 0) is 11.3 Å². The number of rotatable bonds is 8. The summed E-state index contributed by atoms with van der Waals surface area (Å²) in [5.41, 5.74) is 3.17. The van der Waals surface area contributed by atoms with E-state index in [2.05, 4.69) is 26.0 Å². The van der Waals surface area contributed by atoms with E-state index >= 15 is 0 Å². The van der Waals surface area contributed by atoms with Gasteiger partial charge in [0.2, 0.25) is 0 Å². The van der Waals surface area contributed by atoms with E-state index in [-0.39, 0.29) is 5.91 Å². The second-order valence-electron chi connectivity index (χ2n) is 7.34. The van der Waals surface area contributed by atoms with Gasteiger partial charge in [-0.25, -0.2) is 0 Å². The maximum atomic E-state index is 12.8. The molecule has 2 aromatic carbocycles. The lowest BCUT2D eigenvalue weighted by Gasteiger charge is -2.24. The van der Waals surface area contributed by atoms with Gasteiger partial charge in [0.1, 0.15) is 5.75 Å². The summed E-state index contributed by atoms with van der Waals surface area (Å²) in [5, 5.41) is 0. The highest BCUT2D eigenvalue weighted by Gasteiger charge is 2.21. The van der Waals surface area contributed by atoms with Crippen LogP contribution in [0.1, 0.15) is 43.4 Å². The number of carbonyl (C=O) groups excluding carboxylic acids is 1. The van der Waals surface area contributed by atoms with Crippen LogP contribution in [0.2, 0.25) is 0 Å². The van der Waals surface area contributed by atoms with Crippen LogP contribution in [0.5, 0.6) is 17.2 Å².